The number of ketones is 1. The molecule has 10 nitrogen and oxygen atoms in total. The molecule has 2 aliphatic heterocycles. The van der Waals surface area contributed by atoms with Gasteiger partial charge in [-0.15, -0.1) is 10.2 Å². The molecule has 0 saturated carbocycles. The number of hydrogen-bond donors (Lipinski definition) is 0. The largest absolute Gasteiger partial charge is 0.477 e. The van der Waals surface area contributed by atoms with Gasteiger partial charge in [-0.3, -0.25) is 14.5 Å². The van der Waals surface area contributed by atoms with Crippen LogP contribution in [0.15, 0.2) is 42.0 Å². The number of fused-ring (bicyclic) bond motifs is 4. The van der Waals surface area contributed by atoms with Crippen LogP contribution >= 0.6 is 0 Å². The lowest BCUT2D eigenvalue weighted by atomic mass is 10.1. The predicted octanol–water partition coefficient (Wildman–Crippen LogP) is 4.03. The number of anilines is 2. The summed E-state index contributed by atoms with van der Waals surface area (Å²) in [5.41, 5.74) is 3.47. The monoisotopic (exact) mass is 534 g/mol. The van der Waals surface area contributed by atoms with Crippen LogP contribution in [0.4, 0.5) is 11.5 Å². The summed E-state index contributed by atoms with van der Waals surface area (Å²) < 4.78 is 16.5. The van der Waals surface area contributed by atoms with Crippen LogP contribution in [0.1, 0.15) is 58.1 Å². The summed E-state index contributed by atoms with van der Waals surface area (Å²) >= 11 is 0. The van der Waals surface area contributed by atoms with Gasteiger partial charge in [-0.05, 0) is 57.9 Å². The average Bonchev–Trinajstić information content (AvgIpc) is 3.52. The van der Waals surface area contributed by atoms with Crippen molar-refractivity contribution in [2.75, 3.05) is 43.2 Å². The Morgan fingerprint density at radius 3 is 2.62 bits per heavy atom. The van der Waals surface area contributed by atoms with Gasteiger partial charge in [0.05, 0.1) is 36.6 Å². The van der Waals surface area contributed by atoms with Crippen molar-refractivity contribution in [3.8, 4) is 5.88 Å². The Bertz CT molecular complexity index is 1330. The highest BCUT2D eigenvalue weighted by Crippen LogP contribution is 2.40. The fourth-order valence-corrected chi connectivity index (χ4v) is 4.73. The van der Waals surface area contributed by atoms with Crippen LogP contribution in [0, 0.1) is 5.92 Å². The minimum Gasteiger partial charge on any atom is -0.477 e. The van der Waals surface area contributed by atoms with Crippen molar-refractivity contribution >= 4 is 28.8 Å². The zero-order valence-electron chi connectivity index (χ0n) is 23.1. The molecule has 3 aliphatic rings. The summed E-state index contributed by atoms with van der Waals surface area (Å²) in [7, 11) is 1.61. The third-order valence-corrected chi connectivity index (χ3v) is 7.23. The number of nitrogens with zero attached hydrogens (tertiary/aromatic N) is 5. The maximum Gasteiger partial charge on any atom is 0.252 e. The molecule has 0 spiro atoms. The van der Waals surface area contributed by atoms with Gasteiger partial charge in [-0.2, -0.15) is 0 Å². The Kier molecular flexibility index (Phi) is 7.51. The van der Waals surface area contributed by atoms with E-state index in [0.717, 1.165) is 30.8 Å². The van der Waals surface area contributed by atoms with Crippen LogP contribution in [0.5, 0.6) is 5.88 Å². The van der Waals surface area contributed by atoms with E-state index in [1.54, 1.807) is 36.3 Å². The molecule has 39 heavy (non-hydrogen) atoms. The average molecular weight is 535 g/mol. The van der Waals surface area contributed by atoms with E-state index in [-0.39, 0.29) is 19.2 Å². The second-order valence-corrected chi connectivity index (χ2v) is 10.4. The first kappa shape index (κ1) is 27.0. The second-order valence-electron chi connectivity index (χ2n) is 10.4. The van der Waals surface area contributed by atoms with Gasteiger partial charge in [-0.25, -0.2) is 4.98 Å². The molecule has 1 amide bonds. The maximum absolute atomic E-state index is 13.6. The zero-order valence-corrected chi connectivity index (χ0v) is 23.1. The number of methoxy groups -OCH3 is 1. The Morgan fingerprint density at radius 2 is 1.92 bits per heavy atom. The van der Waals surface area contributed by atoms with Gasteiger partial charge < -0.3 is 19.1 Å². The summed E-state index contributed by atoms with van der Waals surface area (Å²) in [6, 6.07) is 7.18. The topological polar surface area (TPSA) is 107 Å². The number of hydrogen-bond acceptors (Lipinski definition) is 9. The van der Waals surface area contributed by atoms with Crippen LogP contribution in [-0.4, -0.2) is 72.1 Å². The van der Waals surface area contributed by atoms with E-state index < -0.39 is 5.79 Å². The summed E-state index contributed by atoms with van der Waals surface area (Å²) in [5, 5.41) is 8.40. The quantitative estimate of drug-likeness (QED) is 0.183. The van der Waals surface area contributed by atoms with E-state index in [0.29, 0.717) is 54.2 Å². The van der Waals surface area contributed by atoms with E-state index in [1.807, 2.05) is 39.8 Å². The third kappa shape index (κ3) is 5.86. The summed E-state index contributed by atoms with van der Waals surface area (Å²) in [5.74, 6) is 0.718. The molecule has 0 N–H and O–H groups in total. The number of carbonyl (C=O) groups excluding carboxylic acids is 2. The van der Waals surface area contributed by atoms with E-state index in [9.17, 15) is 9.59 Å². The Hall–Kier alpha value is -3.63. The van der Waals surface area contributed by atoms with Crippen molar-refractivity contribution in [2.45, 2.75) is 52.4 Å². The van der Waals surface area contributed by atoms with Gasteiger partial charge in [0.1, 0.15) is 5.69 Å². The number of rotatable bonds is 11. The lowest BCUT2D eigenvalue weighted by Gasteiger charge is -2.35. The second kappa shape index (κ2) is 10.9. The molecular weight excluding hydrogens is 498 g/mol. The number of pyridine rings is 1. The van der Waals surface area contributed by atoms with Crippen LogP contribution in [0.2, 0.25) is 0 Å². The molecule has 1 saturated heterocycles. The van der Waals surface area contributed by atoms with Gasteiger partial charge in [0, 0.05) is 40.2 Å². The molecule has 1 aliphatic carbocycles. The van der Waals surface area contributed by atoms with Crippen LogP contribution in [0.3, 0.4) is 0 Å². The lowest BCUT2D eigenvalue weighted by molar-refractivity contribution is -0.197. The van der Waals surface area contributed by atoms with E-state index >= 15 is 0 Å². The minimum absolute atomic E-state index is 0. The molecule has 1 atom stereocenters. The Morgan fingerprint density at radius 1 is 1.15 bits per heavy atom. The molecule has 5 rings (SSSR count). The predicted molar refractivity (Wildman–Crippen MR) is 149 cm³/mol. The highest BCUT2D eigenvalue weighted by Gasteiger charge is 2.40. The van der Waals surface area contributed by atoms with Gasteiger partial charge in [0.2, 0.25) is 5.88 Å². The number of aromatic nitrogens is 3. The Balaban J connectivity index is 0.00000370. The highest BCUT2D eigenvalue weighted by atomic mass is 16.7. The maximum atomic E-state index is 13.6. The number of ether oxygens (including phenoxy) is 3. The number of carbonyl (C=O) groups is 2. The van der Waals surface area contributed by atoms with E-state index in [2.05, 4.69) is 20.1 Å². The molecule has 10 heteroatoms. The fourth-order valence-electron chi connectivity index (χ4n) is 4.73. The first-order valence-corrected chi connectivity index (χ1v) is 13.2. The molecule has 0 aromatic carbocycles. The molecule has 1 fully saturated rings. The van der Waals surface area contributed by atoms with Gasteiger partial charge in [0.15, 0.2) is 17.4 Å². The summed E-state index contributed by atoms with van der Waals surface area (Å²) in [6.45, 7) is 9.96. The van der Waals surface area contributed by atoms with Crippen molar-refractivity contribution in [1.82, 2.24) is 15.2 Å². The molecule has 2 aromatic heterocycles. The number of amides is 1. The number of Topliss-reactive ketones (excluding diaryl/α,β-unsaturated/α-hetero) is 1. The normalized spacial score (nSPS) is 18.6. The summed E-state index contributed by atoms with van der Waals surface area (Å²) in [4.78, 5) is 35.0. The smallest absolute Gasteiger partial charge is 0.252 e. The van der Waals surface area contributed by atoms with Crippen molar-refractivity contribution in [1.29, 1.82) is 0 Å². The van der Waals surface area contributed by atoms with Crippen molar-refractivity contribution in [3.63, 3.8) is 0 Å². The third-order valence-electron chi connectivity index (χ3n) is 7.23. The molecular formula is C29H36N5O5. The molecule has 1 radical (unpaired) electrons. The van der Waals surface area contributed by atoms with Crippen molar-refractivity contribution in [3.05, 3.63) is 59.3 Å². The van der Waals surface area contributed by atoms with Crippen LogP contribution in [-0.2, 0) is 14.3 Å². The molecule has 4 heterocycles. The van der Waals surface area contributed by atoms with Crippen LogP contribution in [0.25, 0.3) is 5.57 Å². The van der Waals surface area contributed by atoms with Gasteiger partial charge >= 0.3 is 0 Å². The first-order valence-electron chi connectivity index (χ1n) is 13.2. The van der Waals surface area contributed by atoms with Crippen molar-refractivity contribution in [2.24, 2.45) is 0 Å². The molecule has 2 bridgehead atoms. The first-order chi connectivity index (χ1) is 18.7. The van der Waals surface area contributed by atoms with E-state index in [4.69, 9.17) is 14.2 Å². The molecule has 2 aromatic rings. The molecule has 207 valence electrons. The standard InChI is InChI=1S/C29H34N5O5.H2/c1-18-15-21(18)27(36)23-7-9-24-28(30-23)34(20-11-12-33(24)17-20)26(35)16-19(2)22-8-10-25(32-31-22)38-13-6-14-39-29(3,4)37-5;/h7-10,15-16,20H,6,11-14,17H2,1-5H3;1H/b19-16-;. The molecule has 1 unspecified atom stereocenters. The SMILES string of the molecule is COC(C)(C)OCCCOc1ccc(/C(C)=C\C(=O)N2c3nc(C(=O)[C]4C=C4C)ccc3N3CCC2C3)nn1.[HH]. The summed E-state index contributed by atoms with van der Waals surface area (Å²) in [6.07, 6.45) is 4.93. The zero-order chi connectivity index (χ0) is 27.7. The van der Waals surface area contributed by atoms with Gasteiger partial charge in [-0.1, -0.05) is 11.6 Å². The van der Waals surface area contributed by atoms with Crippen molar-refractivity contribution < 1.29 is 25.2 Å². The Labute approximate surface area is 230 Å². The highest BCUT2D eigenvalue weighted by molar-refractivity contribution is 6.14. The van der Waals surface area contributed by atoms with Gasteiger partial charge in [0.25, 0.3) is 5.91 Å². The fraction of sp³-hybridized carbons (Fsp3) is 0.448. The van der Waals surface area contributed by atoms with E-state index in [1.165, 1.54) is 0 Å². The number of allylic oxidation sites excluding steroid dienone is 3. The lowest BCUT2D eigenvalue weighted by Crippen LogP contribution is -2.46. The minimum atomic E-state index is -0.627. The van der Waals surface area contributed by atoms with Crippen LogP contribution < -0.4 is 14.5 Å².